The predicted octanol–water partition coefficient (Wildman–Crippen LogP) is 4.66. The summed E-state index contributed by atoms with van der Waals surface area (Å²) in [4.78, 5) is 0. The fourth-order valence-corrected chi connectivity index (χ4v) is 3.00. The Hall–Kier alpha value is -0.240. The molecule has 94 valence electrons. The first kappa shape index (κ1) is 13.2. The van der Waals surface area contributed by atoms with Gasteiger partial charge in [0.2, 0.25) is 0 Å². The summed E-state index contributed by atoms with van der Waals surface area (Å²) in [7, 11) is 0. The van der Waals surface area contributed by atoms with Crippen LogP contribution in [0.2, 0.25) is 5.02 Å². The van der Waals surface area contributed by atoms with Crippen molar-refractivity contribution in [3.05, 3.63) is 33.8 Å². The third kappa shape index (κ3) is 2.96. The van der Waals surface area contributed by atoms with Gasteiger partial charge in [-0.05, 0) is 49.4 Å². The lowest BCUT2D eigenvalue weighted by atomic mass is 9.90. The molecule has 0 N–H and O–H groups in total. The molecule has 1 aliphatic rings. The van der Waals surface area contributed by atoms with Crippen LogP contribution in [0.3, 0.4) is 0 Å². The molecule has 1 aromatic rings. The molecule has 1 aliphatic heterocycles. The quantitative estimate of drug-likeness (QED) is 0.712. The van der Waals surface area contributed by atoms with Gasteiger partial charge in [-0.1, -0.05) is 17.7 Å². The number of rotatable bonds is 2. The molecule has 1 fully saturated rings. The van der Waals surface area contributed by atoms with Gasteiger partial charge in [-0.15, -0.1) is 11.6 Å². The Bertz CT molecular complexity index is 397. The molecule has 0 saturated carbocycles. The van der Waals surface area contributed by atoms with Crippen molar-refractivity contribution in [3.63, 3.8) is 0 Å². The highest BCUT2D eigenvalue weighted by Crippen LogP contribution is 2.37. The van der Waals surface area contributed by atoms with Crippen LogP contribution in [0.1, 0.15) is 34.9 Å². The molecule has 2 atom stereocenters. The fourth-order valence-electron chi connectivity index (χ4n) is 2.35. The SMILES string of the molecule is Cc1cc(C(Cl)C2CCCOC2)c(C)cc1Cl. The van der Waals surface area contributed by atoms with Crippen LogP contribution in [0, 0.1) is 19.8 Å². The van der Waals surface area contributed by atoms with Crippen molar-refractivity contribution in [2.24, 2.45) is 5.92 Å². The molecule has 1 heterocycles. The van der Waals surface area contributed by atoms with E-state index in [4.69, 9.17) is 27.9 Å². The summed E-state index contributed by atoms with van der Waals surface area (Å²) in [6.45, 7) is 5.74. The number of hydrogen-bond donors (Lipinski definition) is 0. The van der Waals surface area contributed by atoms with Crippen LogP contribution in [-0.4, -0.2) is 13.2 Å². The minimum absolute atomic E-state index is 0.0336. The highest BCUT2D eigenvalue weighted by molar-refractivity contribution is 6.31. The van der Waals surface area contributed by atoms with Crippen molar-refractivity contribution in [2.45, 2.75) is 32.1 Å². The first-order chi connectivity index (χ1) is 8.09. The van der Waals surface area contributed by atoms with E-state index in [1.165, 1.54) is 11.1 Å². The molecule has 1 saturated heterocycles. The lowest BCUT2D eigenvalue weighted by Gasteiger charge is -2.27. The molecule has 0 bridgehead atoms. The van der Waals surface area contributed by atoms with Crippen LogP contribution in [0.4, 0.5) is 0 Å². The zero-order chi connectivity index (χ0) is 12.4. The highest BCUT2D eigenvalue weighted by Gasteiger charge is 2.25. The normalized spacial score (nSPS) is 22.5. The smallest absolute Gasteiger partial charge is 0.0638 e. The van der Waals surface area contributed by atoms with Crippen LogP contribution in [-0.2, 0) is 4.74 Å². The Labute approximate surface area is 113 Å². The first-order valence-corrected chi connectivity index (χ1v) is 6.89. The molecule has 0 amide bonds. The topological polar surface area (TPSA) is 9.23 Å². The van der Waals surface area contributed by atoms with Gasteiger partial charge in [-0.25, -0.2) is 0 Å². The monoisotopic (exact) mass is 272 g/mol. The second-order valence-corrected chi connectivity index (χ2v) is 5.71. The summed E-state index contributed by atoms with van der Waals surface area (Å²) < 4.78 is 5.51. The third-order valence-electron chi connectivity index (χ3n) is 3.45. The summed E-state index contributed by atoms with van der Waals surface area (Å²) in [5.74, 6) is 0.421. The van der Waals surface area contributed by atoms with Crippen molar-refractivity contribution >= 4 is 23.2 Å². The summed E-state index contributed by atoms with van der Waals surface area (Å²) in [6.07, 6.45) is 2.26. The van der Waals surface area contributed by atoms with E-state index in [1.807, 2.05) is 13.0 Å². The lowest BCUT2D eigenvalue weighted by Crippen LogP contribution is -2.21. The second-order valence-electron chi connectivity index (χ2n) is 4.84. The van der Waals surface area contributed by atoms with Crippen molar-refractivity contribution < 1.29 is 4.74 Å². The van der Waals surface area contributed by atoms with Crippen molar-refractivity contribution in [1.29, 1.82) is 0 Å². The molecule has 0 radical (unpaired) electrons. The van der Waals surface area contributed by atoms with E-state index >= 15 is 0 Å². The molecule has 3 heteroatoms. The predicted molar refractivity (Wildman–Crippen MR) is 73.1 cm³/mol. The lowest BCUT2D eigenvalue weighted by molar-refractivity contribution is 0.0531. The van der Waals surface area contributed by atoms with Gasteiger partial charge >= 0.3 is 0 Å². The van der Waals surface area contributed by atoms with Crippen LogP contribution < -0.4 is 0 Å². The molecule has 1 aromatic carbocycles. The van der Waals surface area contributed by atoms with E-state index in [0.29, 0.717) is 5.92 Å². The molecule has 0 aromatic heterocycles. The van der Waals surface area contributed by atoms with Gasteiger partial charge in [-0.3, -0.25) is 0 Å². The van der Waals surface area contributed by atoms with Crippen molar-refractivity contribution in [3.8, 4) is 0 Å². The number of hydrogen-bond acceptors (Lipinski definition) is 1. The molecular weight excluding hydrogens is 255 g/mol. The molecule has 2 unspecified atom stereocenters. The van der Waals surface area contributed by atoms with Gasteiger partial charge in [0.25, 0.3) is 0 Å². The minimum Gasteiger partial charge on any atom is -0.381 e. The van der Waals surface area contributed by atoms with Crippen LogP contribution in [0.5, 0.6) is 0 Å². The average Bonchev–Trinajstić information content (AvgIpc) is 2.34. The highest BCUT2D eigenvalue weighted by atomic mass is 35.5. The Kier molecular flexibility index (Phi) is 4.35. The van der Waals surface area contributed by atoms with Crippen molar-refractivity contribution in [1.82, 2.24) is 0 Å². The van der Waals surface area contributed by atoms with Gasteiger partial charge in [0.15, 0.2) is 0 Å². The number of ether oxygens (including phenoxy) is 1. The zero-order valence-electron chi connectivity index (χ0n) is 10.3. The van der Waals surface area contributed by atoms with E-state index in [2.05, 4.69) is 13.0 Å². The minimum atomic E-state index is 0.0336. The Morgan fingerprint density at radius 1 is 1.29 bits per heavy atom. The van der Waals surface area contributed by atoms with E-state index in [9.17, 15) is 0 Å². The Morgan fingerprint density at radius 2 is 2.06 bits per heavy atom. The number of aryl methyl sites for hydroxylation is 2. The van der Waals surface area contributed by atoms with Crippen LogP contribution in [0.15, 0.2) is 12.1 Å². The van der Waals surface area contributed by atoms with Crippen LogP contribution in [0.25, 0.3) is 0 Å². The molecule has 0 spiro atoms. The molecule has 2 rings (SSSR count). The maximum absolute atomic E-state index is 6.59. The van der Waals surface area contributed by atoms with E-state index in [-0.39, 0.29) is 5.38 Å². The van der Waals surface area contributed by atoms with Gasteiger partial charge in [0.1, 0.15) is 0 Å². The molecule has 1 nitrogen and oxygen atoms in total. The number of alkyl halides is 1. The van der Waals surface area contributed by atoms with E-state index in [1.54, 1.807) is 0 Å². The summed E-state index contributed by atoms with van der Waals surface area (Å²) >= 11 is 12.7. The zero-order valence-corrected chi connectivity index (χ0v) is 11.8. The van der Waals surface area contributed by atoms with E-state index in [0.717, 1.165) is 36.6 Å². The Balaban J connectivity index is 2.23. The number of halogens is 2. The van der Waals surface area contributed by atoms with E-state index < -0.39 is 0 Å². The standard InChI is InChI=1S/C14H18Cl2O/c1-9-7-13(15)10(2)6-12(9)14(16)11-4-3-5-17-8-11/h6-7,11,14H,3-5,8H2,1-2H3. The Morgan fingerprint density at radius 3 is 2.71 bits per heavy atom. The second kappa shape index (κ2) is 5.60. The summed E-state index contributed by atoms with van der Waals surface area (Å²) in [6, 6.07) is 4.12. The summed E-state index contributed by atoms with van der Waals surface area (Å²) in [5, 5.41) is 0.848. The number of benzene rings is 1. The largest absolute Gasteiger partial charge is 0.381 e. The third-order valence-corrected chi connectivity index (χ3v) is 4.45. The molecular formula is C14H18Cl2O. The maximum Gasteiger partial charge on any atom is 0.0638 e. The maximum atomic E-state index is 6.59. The van der Waals surface area contributed by atoms with Gasteiger partial charge in [0, 0.05) is 17.5 Å². The van der Waals surface area contributed by atoms with Gasteiger partial charge in [-0.2, -0.15) is 0 Å². The average molecular weight is 273 g/mol. The summed E-state index contributed by atoms with van der Waals surface area (Å²) in [5.41, 5.74) is 3.46. The van der Waals surface area contributed by atoms with Crippen molar-refractivity contribution in [2.75, 3.05) is 13.2 Å². The fraction of sp³-hybridized carbons (Fsp3) is 0.571. The first-order valence-electron chi connectivity index (χ1n) is 6.08. The van der Waals surface area contributed by atoms with Crippen LogP contribution >= 0.6 is 23.2 Å². The molecule has 0 aliphatic carbocycles. The van der Waals surface area contributed by atoms with Gasteiger partial charge in [0.05, 0.1) is 12.0 Å². The molecule has 17 heavy (non-hydrogen) atoms. The van der Waals surface area contributed by atoms with Gasteiger partial charge < -0.3 is 4.74 Å².